The Morgan fingerprint density at radius 3 is 1.86 bits per heavy atom. The van der Waals surface area contributed by atoms with Crippen molar-refractivity contribution < 1.29 is 18.3 Å². The van der Waals surface area contributed by atoms with Gasteiger partial charge in [0.1, 0.15) is 0 Å². The monoisotopic (exact) mass is 406 g/mol. The van der Waals surface area contributed by atoms with Crippen LogP contribution in [0.4, 0.5) is 8.78 Å². The Kier molecular flexibility index (Phi) is 7.58. The first kappa shape index (κ1) is 21.2. The van der Waals surface area contributed by atoms with Crippen LogP contribution in [-0.4, -0.2) is 19.5 Å². The molecule has 1 aliphatic heterocycles. The van der Waals surface area contributed by atoms with E-state index in [4.69, 9.17) is 9.47 Å². The maximum Gasteiger partial charge on any atom is 0.159 e. The van der Waals surface area contributed by atoms with Crippen LogP contribution in [0.5, 0.6) is 0 Å². The molecule has 4 heteroatoms. The second kappa shape index (κ2) is 10.3. The zero-order chi connectivity index (χ0) is 20.1. The summed E-state index contributed by atoms with van der Waals surface area (Å²) < 4.78 is 37.6. The first-order chi connectivity index (χ1) is 14.2. The summed E-state index contributed by atoms with van der Waals surface area (Å²) in [4.78, 5) is 0. The molecule has 3 aliphatic rings. The molecule has 0 spiro atoms. The first-order valence-electron chi connectivity index (χ1n) is 11.8. The van der Waals surface area contributed by atoms with Crippen LogP contribution >= 0.6 is 0 Å². The summed E-state index contributed by atoms with van der Waals surface area (Å²) in [6.07, 6.45) is 15.3. The molecule has 1 aromatic carbocycles. The molecule has 4 rings (SSSR count). The Morgan fingerprint density at radius 1 is 0.690 bits per heavy atom. The van der Waals surface area contributed by atoms with Crippen molar-refractivity contribution >= 4 is 0 Å². The fourth-order valence-electron chi connectivity index (χ4n) is 5.91. The Balaban J connectivity index is 1.12. The molecule has 0 amide bonds. The zero-order valence-electron chi connectivity index (χ0n) is 17.6. The highest BCUT2D eigenvalue weighted by molar-refractivity contribution is 5.17. The molecule has 2 saturated carbocycles. The molecule has 29 heavy (non-hydrogen) atoms. The lowest BCUT2D eigenvalue weighted by Crippen LogP contribution is -2.26. The van der Waals surface area contributed by atoms with Crippen LogP contribution in [-0.2, 0) is 15.9 Å². The van der Waals surface area contributed by atoms with Crippen molar-refractivity contribution in [3.63, 3.8) is 0 Å². The van der Waals surface area contributed by atoms with Crippen LogP contribution in [0.25, 0.3) is 0 Å². The highest BCUT2D eigenvalue weighted by Gasteiger charge is 2.31. The molecule has 162 valence electrons. The van der Waals surface area contributed by atoms with Crippen LogP contribution in [0.1, 0.15) is 76.2 Å². The van der Waals surface area contributed by atoms with Gasteiger partial charge in [-0.2, -0.15) is 0 Å². The van der Waals surface area contributed by atoms with Gasteiger partial charge in [-0.1, -0.05) is 31.7 Å². The van der Waals surface area contributed by atoms with E-state index in [1.807, 2.05) is 0 Å². The molecule has 2 nitrogen and oxygen atoms in total. The van der Waals surface area contributed by atoms with Crippen LogP contribution in [0.3, 0.4) is 0 Å². The second-order valence-corrected chi connectivity index (χ2v) is 9.60. The van der Waals surface area contributed by atoms with Crippen LogP contribution < -0.4 is 0 Å². The van der Waals surface area contributed by atoms with Gasteiger partial charge >= 0.3 is 0 Å². The molecule has 0 radical (unpaired) electrons. The average molecular weight is 407 g/mol. The molecular weight excluding hydrogens is 370 g/mol. The minimum atomic E-state index is -0.746. The van der Waals surface area contributed by atoms with E-state index >= 15 is 0 Å². The van der Waals surface area contributed by atoms with Crippen molar-refractivity contribution in [2.45, 2.75) is 83.3 Å². The standard InChI is InChI=1S/C25H36F2O2/c26-23-13-7-20(17-24(23)27)2-1-18-3-9-21(10-4-18)22-11-5-19(6-12-22)8-14-25-28-15-16-29-25/h7,13,17-19,21-22,25H,1-6,8-12,14-16H2. The van der Waals surface area contributed by atoms with Crippen molar-refractivity contribution in [3.05, 3.63) is 35.4 Å². The van der Waals surface area contributed by atoms with Gasteiger partial charge in [0.05, 0.1) is 13.2 Å². The lowest BCUT2D eigenvalue weighted by molar-refractivity contribution is -0.0514. The van der Waals surface area contributed by atoms with E-state index in [2.05, 4.69) is 0 Å². The number of aryl methyl sites for hydroxylation is 1. The molecular formula is C25H36F2O2. The van der Waals surface area contributed by atoms with E-state index < -0.39 is 11.6 Å². The fraction of sp³-hybridized carbons (Fsp3) is 0.760. The van der Waals surface area contributed by atoms with Crippen molar-refractivity contribution in [2.24, 2.45) is 23.7 Å². The van der Waals surface area contributed by atoms with E-state index in [9.17, 15) is 8.78 Å². The minimum Gasteiger partial charge on any atom is -0.350 e. The van der Waals surface area contributed by atoms with Gasteiger partial charge in [-0.25, -0.2) is 8.78 Å². The summed E-state index contributed by atoms with van der Waals surface area (Å²) in [7, 11) is 0. The number of hydrogen-bond acceptors (Lipinski definition) is 2. The lowest BCUT2D eigenvalue weighted by Gasteiger charge is -2.38. The van der Waals surface area contributed by atoms with E-state index in [0.717, 1.165) is 61.7 Å². The highest BCUT2D eigenvalue weighted by atomic mass is 19.2. The summed E-state index contributed by atoms with van der Waals surface area (Å²) in [6, 6.07) is 4.35. The predicted octanol–water partition coefficient (Wildman–Crippen LogP) is 6.66. The number of rotatable bonds is 7. The van der Waals surface area contributed by atoms with Crippen LogP contribution in [0.2, 0.25) is 0 Å². The van der Waals surface area contributed by atoms with E-state index in [0.29, 0.717) is 0 Å². The third-order valence-electron chi connectivity index (χ3n) is 7.78. The molecule has 1 saturated heterocycles. The summed E-state index contributed by atoms with van der Waals surface area (Å²) in [6.45, 7) is 1.53. The van der Waals surface area contributed by atoms with Crippen molar-refractivity contribution in [2.75, 3.05) is 13.2 Å². The topological polar surface area (TPSA) is 18.5 Å². The number of benzene rings is 1. The molecule has 0 bridgehead atoms. The van der Waals surface area contributed by atoms with E-state index in [1.165, 1.54) is 69.9 Å². The molecule has 0 N–H and O–H groups in total. The van der Waals surface area contributed by atoms with Gasteiger partial charge in [0, 0.05) is 0 Å². The average Bonchev–Trinajstić information content (AvgIpc) is 3.28. The third kappa shape index (κ3) is 6.01. The van der Waals surface area contributed by atoms with Crippen LogP contribution in [0, 0.1) is 35.3 Å². The van der Waals surface area contributed by atoms with Crippen molar-refractivity contribution in [1.82, 2.24) is 0 Å². The summed E-state index contributed by atoms with van der Waals surface area (Å²) in [5.41, 5.74) is 0.928. The number of ether oxygens (including phenoxy) is 2. The van der Waals surface area contributed by atoms with Gasteiger partial charge in [-0.3, -0.25) is 0 Å². The fourth-order valence-corrected chi connectivity index (χ4v) is 5.91. The maximum atomic E-state index is 13.4. The Bertz CT molecular complexity index is 628. The predicted molar refractivity (Wildman–Crippen MR) is 111 cm³/mol. The third-order valence-corrected chi connectivity index (χ3v) is 7.78. The molecule has 2 aliphatic carbocycles. The van der Waals surface area contributed by atoms with Crippen molar-refractivity contribution in [3.8, 4) is 0 Å². The summed E-state index contributed by atoms with van der Waals surface area (Å²) >= 11 is 0. The first-order valence-corrected chi connectivity index (χ1v) is 11.8. The smallest absolute Gasteiger partial charge is 0.159 e. The van der Waals surface area contributed by atoms with Gasteiger partial charge in [-0.05, 0) is 92.7 Å². The Labute approximate surface area is 174 Å². The van der Waals surface area contributed by atoms with E-state index in [1.54, 1.807) is 6.07 Å². The molecule has 1 heterocycles. The van der Waals surface area contributed by atoms with Gasteiger partial charge in [0.2, 0.25) is 0 Å². The zero-order valence-corrected chi connectivity index (χ0v) is 17.6. The van der Waals surface area contributed by atoms with Crippen LogP contribution in [0.15, 0.2) is 18.2 Å². The molecule has 0 aromatic heterocycles. The second-order valence-electron chi connectivity index (χ2n) is 9.60. The normalized spacial score (nSPS) is 31.2. The van der Waals surface area contributed by atoms with E-state index in [-0.39, 0.29) is 6.29 Å². The van der Waals surface area contributed by atoms with Gasteiger partial charge in [0.25, 0.3) is 0 Å². The highest BCUT2D eigenvalue weighted by Crippen LogP contribution is 2.43. The molecule has 1 aromatic rings. The maximum absolute atomic E-state index is 13.4. The van der Waals surface area contributed by atoms with Gasteiger partial charge in [0.15, 0.2) is 17.9 Å². The minimum absolute atomic E-state index is 0.0643. The molecule has 3 fully saturated rings. The largest absolute Gasteiger partial charge is 0.350 e. The molecule has 0 atom stereocenters. The Morgan fingerprint density at radius 2 is 1.28 bits per heavy atom. The van der Waals surface area contributed by atoms with Gasteiger partial charge in [-0.15, -0.1) is 0 Å². The number of hydrogen-bond donors (Lipinski definition) is 0. The molecule has 0 unspecified atom stereocenters. The summed E-state index contributed by atoms with van der Waals surface area (Å²) in [5, 5.41) is 0. The quantitative estimate of drug-likeness (QED) is 0.504. The van der Waals surface area contributed by atoms with Crippen molar-refractivity contribution in [1.29, 1.82) is 0 Å². The van der Waals surface area contributed by atoms with Gasteiger partial charge < -0.3 is 9.47 Å². The lowest BCUT2D eigenvalue weighted by atomic mass is 9.68. The number of halogens is 2. The Hall–Kier alpha value is -1.00. The SMILES string of the molecule is Fc1ccc(CCC2CCC(C3CCC(CCC4OCCO4)CC3)CC2)cc1F. The summed E-state index contributed by atoms with van der Waals surface area (Å²) in [5.74, 6) is 2.00.